The van der Waals surface area contributed by atoms with Crippen molar-refractivity contribution in [3.05, 3.63) is 17.8 Å². The van der Waals surface area contributed by atoms with Crippen molar-refractivity contribution in [2.45, 2.75) is 37.3 Å². The first-order chi connectivity index (χ1) is 7.75. The molecule has 0 aliphatic carbocycles. The fourth-order valence-corrected chi connectivity index (χ4v) is 3.01. The molecule has 0 bridgehead atoms. The molecule has 4 nitrogen and oxygen atoms in total. The quantitative estimate of drug-likeness (QED) is 0.856. The van der Waals surface area contributed by atoms with Crippen LogP contribution in [-0.4, -0.2) is 32.7 Å². The molecule has 2 rings (SSSR count). The van der Waals surface area contributed by atoms with Crippen LogP contribution in [0.2, 0.25) is 0 Å². The lowest BCUT2D eigenvalue weighted by Gasteiger charge is -2.22. The van der Waals surface area contributed by atoms with Crippen LogP contribution in [0.1, 0.15) is 25.0 Å². The van der Waals surface area contributed by atoms with E-state index in [1.807, 2.05) is 13.0 Å². The number of aryl methyl sites for hydroxylation is 1. The van der Waals surface area contributed by atoms with E-state index in [0.29, 0.717) is 16.8 Å². The number of nitrogens with one attached hydrogen (secondary N) is 1. The van der Waals surface area contributed by atoms with E-state index in [-0.39, 0.29) is 0 Å². The molecule has 2 atom stereocenters. The Balaban J connectivity index is 1.94. The first-order valence-electron chi connectivity index (χ1n) is 5.68. The Morgan fingerprint density at radius 2 is 2.31 bits per heavy atom. The maximum Gasteiger partial charge on any atom is 0.149 e. The van der Waals surface area contributed by atoms with Crippen molar-refractivity contribution in [2.24, 2.45) is 0 Å². The third-order valence-corrected chi connectivity index (χ3v) is 4.16. The van der Waals surface area contributed by atoms with Gasteiger partial charge in [-0.25, -0.2) is 0 Å². The molecular formula is C11H17N3OS. The average Bonchev–Trinajstić information content (AvgIpc) is 2.31. The lowest BCUT2D eigenvalue weighted by Crippen LogP contribution is -2.38. The Morgan fingerprint density at radius 1 is 1.44 bits per heavy atom. The second kappa shape index (κ2) is 5.50. The van der Waals surface area contributed by atoms with Gasteiger partial charge in [0.15, 0.2) is 0 Å². The lowest BCUT2D eigenvalue weighted by atomic mass is 10.1. The Kier molecular flexibility index (Phi) is 4.01. The Hall–Kier alpha value is -0.810. The second-order valence-electron chi connectivity index (χ2n) is 4.17. The van der Waals surface area contributed by atoms with Gasteiger partial charge < -0.3 is 5.32 Å². The number of aromatic nitrogens is 2. The Labute approximate surface area is 98.3 Å². The van der Waals surface area contributed by atoms with Gasteiger partial charge in [-0.3, -0.25) is 4.21 Å². The Bertz CT molecular complexity index is 360. The van der Waals surface area contributed by atoms with E-state index in [1.54, 1.807) is 6.07 Å². The van der Waals surface area contributed by atoms with Crippen LogP contribution in [0, 0.1) is 6.92 Å². The zero-order chi connectivity index (χ0) is 11.4. The molecule has 0 spiro atoms. The molecule has 0 aromatic carbocycles. The fourth-order valence-electron chi connectivity index (χ4n) is 1.84. The molecule has 16 heavy (non-hydrogen) atoms. The van der Waals surface area contributed by atoms with Crippen LogP contribution >= 0.6 is 0 Å². The minimum absolute atomic E-state index is 0.373. The summed E-state index contributed by atoms with van der Waals surface area (Å²) in [5.41, 5.74) is 0.858. The number of hydrogen-bond donors (Lipinski definition) is 1. The standard InChI is InChI=1S/C11H17N3OS/c1-9-5-6-11(14-13-9)16(15)8-10-4-2-3-7-12-10/h5-6,10,12H,2-4,7-8H2,1H3. The third kappa shape index (κ3) is 3.09. The van der Waals surface area contributed by atoms with Crippen molar-refractivity contribution in [1.29, 1.82) is 0 Å². The van der Waals surface area contributed by atoms with Crippen LogP contribution in [0.25, 0.3) is 0 Å². The van der Waals surface area contributed by atoms with Crippen molar-refractivity contribution in [3.63, 3.8) is 0 Å². The SMILES string of the molecule is Cc1ccc(S(=O)CC2CCCCN2)nn1. The summed E-state index contributed by atoms with van der Waals surface area (Å²) >= 11 is 0. The summed E-state index contributed by atoms with van der Waals surface area (Å²) in [7, 11) is -1.03. The second-order valence-corrected chi connectivity index (χ2v) is 5.61. The molecule has 5 heteroatoms. The van der Waals surface area contributed by atoms with Crippen molar-refractivity contribution in [2.75, 3.05) is 12.3 Å². The van der Waals surface area contributed by atoms with Crippen LogP contribution < -0.4 is 5.32 Å². The minimum Gasteiger partial charge on any atom is -0.313 e. The van der Waals surface area contributed by atoms with Gasteiger partial charge in [0.1, 0.15) is 5.03 Å². The van der Waals surface area contributed by atoms with Crippen molar-refractivity contribution < 1.29 is 4.21 Å². The largest absolute Gasteiger partial charge is 0.313 e. The number of nitrogens with zero attached hydrogens (tertiary/aromatic N) is 2. The summed E-state index contributed by atoms with van der Waals surface area (Å²) in [6.07, 6.45) is 3.58. The molecule has 0 amide bonds. The van der Waals surface area contributed by atoms with Gasteiger partial charge in [0.2, 0.25) is 0 Å². The van der Waals surface area contributed by atoms with Gasteiger partial charge in [0.05, 0.1) is 16.5 Å². The highest BCUT2D eigenvalue weighted by atomic mass is 32.2. The normalized spacial score (nSPS) is 22.9. The van der Waals surface area contributed by atoms with Crippen LogP contribution in [0.4, 0.5) is 0 Å². The van der Waals surface area contributed by atoms with Crippen LogP contribution in [0.5, 0.6) is 0 Å². The summed E-state index contributed by atoms with van der Waals surface area (Å²) in [6, 6.07) is 4.04. The third-order valence-electron chi connectivity index (χ3n) is 2.77. The number of piperidine rings is 1. The van der Waals surface area contributed by atoms with Crippen LogP contribution in [0.15, 0.2) is 17.2 Å². The van der Waals surface area contributed by atoms with E-state index in [1.165, 1.54) is 12.8 Å². The molecule has 1 saturated heterocycles. The smallest absolute Gasteiger partial charge is 0.149 e. The summed E-state index contributed by atoms with van der Waals surface area (Å²) in [5.74, 6) is 0.651. The number of rotatable bonds is 3. The van der Waals surface area contributed by atoms with Gasteiger partial charge in [-0.1, -0.05) is 6.42 Å². The van der Waals surface area contributed by atoms with Crippen molar-refractivity contribution >= 4 is 10.8 Å². The number of hydrogen-bond acceptors (Lipinski definition) is 4. The highest BCUT2D eigenvalue weighted by Gasteiger charge is 2.17. The van der Waals surface area contributed by atoms with Crippen molar-refractivity contribution in [1.82, 2.24) is 15.5 Å². The van der Waals surface area contributed by atoms with Crippen LogP contribution in [0.3, 0.4) is 0 Å². The molecule has 2 unspecified atom stereocenters. The van der Waals surface area contributed by atoms with Gasteiger partial charge in [-0.15, -0.1) is 5.10 Å². The van der Waals surface area contributed by atoms with E-state index < -0.39 is 10.8 Å². The predicted molar refractivity (Wildman–Crippen MR) is 63.7 cm³/mol. The Morgan fingerprint density at radius 3 is 2.94 bits per heavy atom. The van der Waals surface area contributed by atoms with Gasteiger partial charge >= 0.3 is 0 Å². The van der Waals surface area contributed by atoms with Crippen LogP contribution in [-0.2, 0) is 10.8 Å². The first kappa shape index (κ1) is 11.7. The van der Waals surface area contributed by atoms with E-state index in [9.17, 15) is 4.21 Å². The summed E-state index contributed by atoms with van der Waals surface area (Å²) in [4.78, 5) is 0. The summed E-state index contributed by atoms with van der Waals surface area (Å²) < 4.78 is 12.0. The molecule has 1 aromatic heterocycles. The van der Waals surface area contributed by atoms with Gasteiger partial charge in [-0.2, -0.15) is 5.10 Å². The lowest BCUT2D eigenvalue weighted by molar-refractivity contribution is 0.427. The van der Waals surface area contributed by atoms with Gasteiger partial charge in [0, 0.05) is 11.8 Å². The molecule has 1 fully saturated rings. The summed E-state index contributed by atoms with van der Waals surface area (Å²) in [5, 5.41) is 11.9. The molecule has 2 heterocycles. The van der Waals surface area contributed by atoms with E-state index >= 15 is 0 Å². The zero-order valence-electron chi connectivity index (χ0n) is 9.48. The highest BCUT2D eigenvalue weighted by Crippen LogP contribution is 2.11. The molecule has 0 saturated carbocycles. The molecular weight excluding hydrogens is 222 g/mol. The molecule has 88 valence electrons. The van der Waals surface area contributed by atoms with Gasteiger partial charge in [-0.05, 0) is 38.4 Å². The molecule has 1 aliphatic rings. The van der Waals surface area contributed by atoms with E-state index in [0.717, 1.165) is 18.7 Å². The monoisotopic (exact) mass is 239 g/mol. The molecule has 0 radical (unpaired) electrons. The molecule has 1 aromatic rings. The maximum atomic E-state index is 12.0. The fraction of sp³-hybridized carbons (Fsp3) is 0.636. The van der Waals surface area contributed by atoms with Gasteiger partial charge in [0.25, 0.3) is 0 Å². The predicted octanol–water partition coefficient (Wildman–Crippen LogP) is 1.03. The highest BCUT2D eigenvalue weighted by molar-refractivity contribution is 7.85. The minimum atomic E-state index is -1.03. The van der Waals surface area contributed by atoms with Crippen molar-refractivity contribution in [3.8, 4) is 0 Å². The molecule has 1 aliphatic heterocycles. The average molecular weight is 239 g/mol. The molecule has 1 N–H and O–H groups in total. The van der Waals surface area contributed by atoms with E-state index in [2.05, 4.69) is 15.5 Å². The maximum absolute atomic E-state index is 12.0. The zero-order valence-corrected chi connectivity index (χ0v) is 10.3. The topological polar surface area (TPSA) is 54.9 Å². The van der Waals surface area contributed by atoms with E-state index in [4.69, 9.17) is 0 Å². The summed E-state index contributed by atoms with van der Waals surface area (Å²) in [6.45, 7) is 2.92. The first-order valence-corrected chi connectivity index (χ1v) is 7.00.